The fourth-order valence-electron chi connectivity index (χ4n) is 6.07. The summed E-state index contributed by atoms with van der Waals surface area (Å²) in [6.07, 6.45) is 9.47. The second kappa shape index (κ2) is 10.7. The van der Waals surface area contributed by atoms with Crippen LogP contribution in [0.4, 0.5) is 11.4 Å². The molecule has 2 N–H and O–H groups in total. The second-order valence-corrected chi connectivity index (χ2v) is 11.8. The Bertz CT molecular complexity index is 1230. The molecule has 0 saturated heterocycles. The number of carbonyl (C=O) groups is 2. The lowest BCUT2D eigenvalue weighted by molar-refractivity contribution is -0.120. The van der Waals surface area contributed by atoms with Crippen molar-refractivity contribution in [3.8, 4) is 0 Å². The summed E-state index contributed by atoms with van der Waals surface area (Å²) in [4.78, 5) is 29.3. The summed E-state index contributed by atoms with van der Waals surface area (Å²) in [6.45, 7) is 5.08. The number of hydrogen-bond donors (Lipinski definition) is 2. The molecule has 37 heavy (non-hydrogen) atoms. The largest absolute Gasteiger partial charge is 0.357 e. The van der Waals surface area contributed by atoms with Crippen LogP contribution in [0.3, 0.4) is 0 Å². The monoisotopic (exact) mass is 517 g/mol. The van der Waals surface area contributed by atoms with Gasteiger partial charge < -0.3 is 15.5 Å². The van der Waals surface area contributed by atoms with E-state index < -0.39 is 0 Å². The third-order valence-electron chi connectivity index (χ3n) is 7.77. The Balaban J connectivity index is 1.45. The van der Waals surface area contributed by atoms with Gasteiger partial charge in [-0.15, -0.1) is 0 Å². The molecule has 6 heteroatoms. The topological polar surface area (TPSA) is 61.4 Å². The van der Waals surface area contributed by atoms with Gasteiger partial charge in [-0.25, -0.2) is 0 Å². The van der Waals surface area contributed by atoms with Gasteiger partial charge in [-0.1, -0.05) is 61.9 Å². The first-order chi connectivity index (χ1) is 17.8. The predicted octanol–water partition coefficient (Wildman–Crippen LogP) is 6.30. The standard InChI is InChI=1S/C31H36ClN3O2/c1-31(2)18-25-29(27(36)19-31)30(22-8-4-3-5-9-22)35(26-11-7-6-10-24(26)34-25)20-28(37)33-17-16-21-12-14-23(32)15-13-21/h3-4,6-7,10-15,22,30,34H,5,8-9,16-20H2,1-2H3,(H,33,37). The minimum absolute atomic E-state index is 0.0345. The average molecular weight is 518 g/mol. The Morgan fingerprint density at radius 3 is 2.65 bits per heavy atom. The summed E-state index contributed by atoms with van der Waals surface area (Å²) in [5, 5.41) is 7.47. The Hall–Kier alpha value is -3.05. The molecule has 0 bridgehead atoms. The lowest BCUT2D eigenvalue weighted by atomic mass is 9.71. The van der Waals surface area contributed by atoms with Crippen LogP contribution in [0, 0.1) is 11.3 Å². The molecule has 1 aliphatic heterocycles. The lowest BCUT2D eigenvalue weighted by Crippen LogP contribution is -2.50. The number of fused-ring (bicyclic) bond motifs is 1. The van der Waals surface area contributed by atoms with E-state index in [1.807, 2.05) is 36.4 Å². The molecule has 5 rings (SSSR count). The highest BCUT2D eigenvalue weighted by Crippen LogP contribution is 2.46. The van der Waals surface area contributed by atoms with Crippen molar-refractivity contribution >= 4 is 34.7 Å². The quantitative estimate of drug-likeness (QED) is 0.441. The minimum atomic E-state index is -0.137. The molecule has 3 aliphatic rings. The number of carbonyl (C=O) groups excluding carboxylic acids is 2. The van der Waals surface area contributed by atoms with E-state index in [-0.39, 0.29) is 35.6 Å². The smallest absolute Gasteiger partial charge is 0.239 e. The summed E-state index contributed by atoms with van der Waals surface area (Å²) >= 11 is 6.00. The van der Waals surface area contributed by atoms with Gasteiger partial charge in [0.05, 0.1) is 24.0 Å². The zero-order valence-electron chi connectivity index (χ0n) is 21.7. The molecule has 194 valence electrons. The number of allylic oxidation sites excluding steroid dienone is 3. The molecule has 1 heterocycles. The Morgan fingerprint density at radius 2 is 1.89 bits per heavy atom. The fraction of sp³-hybridized carbons (Fsp3) is 0.419. The van der Waals surface area contributed by atoms with E-state index in [1.165, 1.54) is 0 Å². The number of halogens is 1. The Morgan fingerprint density at radius 1 is 1.11 bits per heavy atom. The molecule has 0 aromatic heterocycles. The number of benzene rings is 2. The van der Waals surface area contributed by atoms with E-state index in [4.69, 9.17) is 11.6 Å². The van der Waals surface area contributed by atoms with Crippen molar-refractivity contribution in [3.63, 3.8) is 0 Å². The minimum Gasteiger partial charge on any atom is -0.357 e. The molecule has 2 unspecified atom stereocenters. The first-order valence-corrected chi connectivity index (χ1v) is 13.7. The van der Waals surface area contributed by atoms with Gasteiger partial charge in [-0.2, -0.15) is 0 Å². The average Bonchev–Trinajstić information content (AvgIpc) is 2.99. The Labute approximate surface area is 225 Å². The maximum Gasteiger partial charge on any atom is 0.239 e. The number of para-hydroxylation sites is 2. The SMILES string of the molecule is CC1(C)CC(=O)C2=C(C1)Nc1ccccc1N(CC(=O)NCCc1ccc(Cl)cc1)C2C1CC=CCC1. The van der Waals surface area contributed by atoms with Gasteiger partial charge in [-0.3, -0.25) is 9.59 Å². The zero-order valence-corrected chi connectivity index (χ0v) is 22.5. The van der Waals surface area contributed by atoms with Gasteiger partial charge in [0.15, 0.2) is 5.78 Å². The number of Topliss-reactive ketones (excluding diaryl/α,β-unsaturated/α-hetero) is 1. The lowest BCUT2D eigenvalue weighted by Gasteiger charge is -2.41. The summed E-state index contributed by atoms with van der Waals surface area (Å²) in [7, 11) is 0. The van der Waals surface area contributed by atoms with E-state index in [9.17, 15) is 9.59 Å². The predicted molar refractivity (Wildman–Crippen MR) is 151 cm³/mol. The van der Waals surface area contributed by atoms with E-state index in [0.29, 0.717) is 18.0 Å². The highest BCUT2D eigenvalue weighted by molar-refractivity contribution is 6.30. The van der Waals surface area contributed by atoms with Crippen LogP contribution in [-0.4, -0.2) is 30.8 Å². The van der Waals surface area contributed by atoms with Crippen molar-refractivity contribution in [3.05, 3.63) is 82.5 Å². The van der Waals surface area contributed by atoms with Crippen molar-refractivity contribution in [1.82, 2.24) is 5.32 Å². The van der Waals surface area contributed by atoms with Gasteiger partial charge in [0, 0.05) is 29.3 Å². The van der Waals surface area contributed by atoms with Crippen molar-refractivity contribution in [2.24, 2.45) is 11.3 Å². The van der Waals surface area contributed by atoms with Crippen molar-refractivity contribution in [2.45, 2.75) is 58.4 Å². The third kappa shape index (κ3) is 5.77. The molecule has 0 spiro atoms. The molecule has 0 radical (unpaired) electrons. The summed E-state index contributed by atoms with van der Waals surface area (Å²) < 4.78 is 0. The zero-order chi connectivity index (χ0) is 26.0. The van der Waals surface area contributed by atoms with Crippen molar-refractivity contribution in [2.75, 3.05) is 23.3 Å². The van der Waals surface area contributed by atoms with Gasteiger partial charge in [0.1, 0.15) is 0 Å². The highest BCUT2D eigenvalue weighted by atomic mass is 35.5. The molecule has 0 fully saturated rings. The van der Waals surface area contributed by atoms with Crippen molar-refractivity contribution < 1.29 is 9.59 Å². The van der Waals surface area contributed by atoms with Gasteiger partial charge in [-0.05, 0) is 73.3 Å². The van der Waals surface area contributed by atoms with Crippen LogP contribution in [0.5, 0.6) is 0 Å². The number of anilines is 2. The number of amides is 1. The maximum absolute atomic E-state index is 13.7. The number of hydrogen-bond acceptors (Lipinski definition) is 4. The number of nitrogens with zero attached hydrogens (tertiary/aromatic N) is 1. The van der Waals surface area contributed by atoms with Crippen molar-refractivity contribution in [1.29, 1.82) is 0 Å². The molecule has 2 aliphatic carbocycles. The summed E-state index contributed by atoms with van der Waals surface area (Å²) in [6, 6.07) is 15.7. The first kappa shape index (κ1) is 25.6. The van der Waals surface area contributed by atoms with Crippen LogP contribution in [0.1, 0.15) is 51.5 Å². The van der Waals surface area contributed by atoms with Crippen LogP contribution in [-0.2, 0) is 16.0 Å². The summed E-state index contributed by atoms with van der Waals surface area (Å²) in [5.41, 5.74) is 4.89. The number of ketones is 1. The van der Waals surface area contributed by atoms with Crippen LogP contribution < -0.4 is 15.5 Å². The normalized spacial score (nSPS) is 22.6. The second-order valence-electron chi connectivity index (χ2n) is 11.3. The molecule has 2 atom stereocenters. The Kier molecular flexibility index (Phi) is 7.43. The molecule has 2 aromatic rings. The molecule has 5 nitrogen and oxygen atoms in total. The number of nitrogens with one attached hydrogen (secondary N) is 2. The van der Waals surface area contributed by atoms with Crippen LogP contribution >= 0.6 is 11.6 Å². The fourth-order valence-corrected chi connectivity index (χ4v) is 6.20. The molecule has 0 saturated carbocycles. The van der Waals surface area contributed by atoms with Crippen LogP contribution in [0.25, 0.3) is 0 Å². The van der Waals surface area contributed by atoms with Gasteiger partial charge in [0.2, 0.25) is 5.91 Å². The summed E-state index contributed by atoms with van der Waals surface area (Å²) in [5.74, 6) is 0.446. The van der Waals surface area contributed by atoms with E-state index in [2.05, 4.69) is 53.7 Å². The molecular weight excluding hydrogens is 482 g/mol. The molecule has 1 amide bonds. The van der Waals surface area contributed by atoms with E-state index in [1.54, 1.807) is 0 Å². The highest BCUT2D eigenvalue weighted by Gasteiger charge is 2.43. The van der Waals surface area contributed by atoms with E-state index >= 15 is 0 Å². The van der Waals surface area contributed by atoms with E-state index in [0.717, 1.165) is 60.3 Å². The van der Waals surface area contributed by atoms with Crippen LogP contribution in [0.2, 0.25) is 5.02 Å². The van der Waals surface area contributed by atoms with Gasteiger partial charge >= 0.3 is 0 Å². The first-order valence-electron chi connectivity index (χ1n) is 13.4. The third-order valence-corrected chi connectivity index (χ3v) is 8.02. The van der Waals surface area contributed by atoms with Crippen LogP contribution in [0.15, 0.2) is 72.0 Å². The van der Waals surface area contributed by atoms with Gasteiger partial charge in [0.25, 0.3) is 0 Å². The molecule has 2 aromatic carbocycles. The maximum atomic E-state index is 13.7. The number of rotatable bonds is 6. The molecular formula is C31H36ClN3O2.